The summed E-state index contributed by atoms with van der Waals surface area (Å²) in [6.45, 7) is 2.69. The maximum atomic E-state index is 12.1. The highest BCUT2D eigenvalue weighted by Crippen LogP contribution is 2.13. The molecule has 0 aliphatic rings. The molecule has 0 heterocycles. The highest BCUT2D eigenvalue weighted by atomic mass is 16.5. The Kier molecular flexibility index (Phi) is 6.46. The van der Waals surface area contributed by atoms with Crippen molar-refractivity contribution in [3.8, 4) is 5.75 Å². The SMILES string of the molecule is CC(=O)c1cccc(OCC(=O)N[C@@H](Cc2ccccc2)C(C)=O)c1. The highest BCUT2D eigenvalue weighted by molar-refractivity contribution is 5.94. The van der Waals surface area contributed by atoms with Crippen LogP contribution < -0.4 is 10.1 Å². The molecule has 0 aliphatic carbocycles. The number of rotatable bonds is 8. The van der Waals surface area contributed by atoms with Crippen molar-refractivity contribution in [2.24, 2.45) is 0 Å². The van der Waals surface area contributed by atoms with Gasteiger partial charge in [0.2, 0.25) is 0 Å². The standard InChI is InChI=1S/C20H21NO4/c1-14(22)17-9-6-10-18(12-17)25-13-20(24)21-19(15(2)23)11-16-7-4-3-5-8-16/h3-10,12,19H,11,13H2,1-2H3,(H,21,24)/t19-/m0/s1. The van der Waals surface area contributed by atoms with Gasteiger partial charge in [-0.05, 0) is 38.0 Å². The van der Waals surface area contributed by atoms with Crippen molar-refractivity contribution in [3.63, 3.8) is 0 Å². The molecule has 0 radical (unpaired) electrons. The smallest absolute Gasteiger partial charge is 0.258 e. The molecule has 1 amide bonds. The number of hydrogen-bond donors (Lipinski definition) is 1. The highest BCUT2D eigenvalue weighted by Gasteiger charge is 2.18. The van der Waals surface area contributed by atoms with E-state index in [9.17, 15) is 14.4 Å². The first kappa shape index (κ1) is 18.4. The van der Waals surface area contributed by atoms with E-state index in [0.29, 0.717) is 17.7 Å². The van der Waals surface area contributed by atoms with Crippen LogP contribution in [0.25, 0.3) is 0 Å². The van der Waals surface area contributed by atoms with Gasteiger partial charge in [0.1, 0.15) is 5.75 Å². The quantitative estimate of drug-likeness (QED) is 0.750. The molecule has 5 nitrogen and oxygen atoms in total. The van der Waals surface area contributed by atoms with Crippen LogP contribution in [0.15, 0.2) is 54.6 Å². The van der Waals surface area contributed by atoms with Crippen LogP contribution in [0.4, 0.5) is 0 Å². The molecule has 0 aromatic heterocycles. The fourth-order valence-electron chi connectivity index (χ4n) is 2.34. The minimum absolute atomic E-state index is 0.0746. The summed E-state index contributed by atoms with van der Waals surface area (Å²) < 4.78 is 5.41. The Hall–Kier alpha value is -2.95. The minimum atomic E-state index is -0.595. The average molecular weight is 339 g/mol. The third kappa shape index (κ3) is 5.88. The molecule has 0 spiro atoms. The zero-order valence-corrected chi connectivity index (χ0v) is 14.3. The minimum Gasteiger partial charge on any atom is -0.484 e. The second-order valence-corrected chi connectivity index (χ2v) is 5.79. The van der Waals surface area contributed by atoms with Crippen LogP contribution >= 0.6 is 0 Å². The van der Waals surface area contributed by atoms with Crippen molar-refractivity contribution < 1.29 is 19.1 Å². The van der Waals surface area contributed by atoms with Crippen molar-refractivity contribution in [1.82, 2.24) is 5.32 Å². The fraction of sp³-hybridized carbons (Fsp3) is 0.250. The Morgan fingerprint density at radius 1 is 1.00 bits per heavy atom. The van der Waals surface area contributed by atoms with Crippen molar-refractivity contribution in [2.45, 2.75) is 26.3 Å². The van der Waals surface area contributed by atoms with Crippen LogP contribution in [0.3, 0.4) is 0 Å². The van der Waals surface area contributed by atoms with Crippen molar-refractivity contribution >= 4 is 17.5 Å². The molecule has 0 saturated carbocycles. The van der Waals surface area contributed by atoms with Gasteiger partial charge in [0.15, 0.2) is 18.2 Å². The van der Waals surface area contributed by atoms with Gasteiger partial charge in [-0.3, -0.25) is 14.4 Å². The average Bonchev–Trinajstić information content (AvgIpc) is 2.60. The zero-order chi connectivity index (χ0) is 18.2. The number of hydrogen-bond acceptors (Lipinski definition) is 4. The van der Waals surface area contributed by atoms with E-state index < -0.39 is 6.04 Å². The number of carbonyl (C=O) groups is 3. The summed E-state index contributed by atoms with van der Waals surface area (Å²) >= 11 is 0. The van der Waals surface area contributed by atoms with Crippen molar-refractivity contribution in [3.05, 3.63) is 65.7 Å². The topological polar surface area (TPSA) is 72.5 Å². The van der Waals surface area contributed by atoms with Gasteiger partial charge in [-0.15, -0.1) is 0 Å². The Bertz CT molecular complexity index is 755. The second kappa shape index (κ2) is 8.78. The van der Waals surface area contributed by atoms with Gasteiger partial charge in [0, 0.05) is 5.56 Å². The van der Waals surface area contributed by atoms with Crippen LogP contribution in [-0.2, 0) is 16.0 Å². The molecule has 130 valence electrons. The summed E-state index contributed by atoms with van der Waals surface area (Å²) in [5.74, 6) is -0.139. The summed E-state index contributed by atoms with van der Waals surface area (Å²) in [5.41, 5.74) is 1.49. The van der Waals surface area contributed by atoms with E-state index >= 15 is 0 Å². The summed E-state index contributed by atoms with van der Waals surface area (Å²) in [6.07, 6.45) is 0.432. The first-order valence-corrected chi connectivity index (χ1v) is 8.03. The molecule has 2 aromatic carbocycles. The first-order chi connectivity index (χ1) is 12.0. The number of ketones is 2. The van der Waals surface area contributed by atoms with Gasteiger partial charge in [-0.25, -0.2) is 0 Å². The van der Waals surface area contributed by atoms with E-state index in [1.807, 2.05) is 30.3 Å². The molecule has 5 heteroatoms. The molecule has 25 heavy (non-hydrogen) atoms. The lowest BCUT2D eigenvalue weighted by atomic mass is 10.0. The van der Waals surface area contributed by atoms with Crippen LogP contribution in [0.5, 0.6) is 5.75 Å². The van der Waals surface area contributed by atoms with Gasteiger partial charge in [0.05, 0.1) is 6.04 Å². The molecule has 2 aromatic rings. The molecule has 2 rings (SSSR count). The predicted molar refractivity (Wildman–Crippen MR) is 94.7 cm³/mol. The van der Waals surface area contributed by atoms with Crippen LogP contribution in [0.1, 0.15) is 29.8 Å². The summed E-state index contributed by atoms with van der Waals surface area (Å²) in [5, 5.41) is 2.69. The lowest BCUT2D eigenvalue weighted by Gasteiger charge is -2.16. The van der Waals surface area contributed by atoms with Crippen LogP contribution in [0.2, 0.25) is 0 Å². The zero-order valence-electron chi connectivity index (χ0n) is 14.3. The van der Waals surface area contributed by atoms with Gasteiger partial charge in [-0.1, -0.05) is 42.5 Å². The van der Waals surface area contributed by atoms with E-state index in [-0.39, 0.29) is 24.1 Å². The second-order valence-electron chi connectivity index (χ2n) is 5.79. The van der Waals surface area contributed by atoms with Gasteiger partial charge in [0.25, 0.3) is 5.91 Å². The number of carbonyl (C=O) groups excluding carboxylic acids is 3. The maximum absolute atomic E-state index is 12.1. The first-order valence-electron chi connectivity index (χ1n) is 8.03. The van der Waals surface area contributed by atoms with Crippen LogP contribution in [0, 0.1) is 0 Å². The van der Waals surface area contributed by atoms with E-state index in [2.05, 4.69) is 5.32 Å². The normalized spacial score (nSPS) is 11.4. The molecular weight excluding hydrogens is 318 g/mol. The Labute approximate surface area is 147 Å². The number of amides is 1. The summed E-state index contributed by atoms with van der Waals surface area (Å²) in [7, 11) is 0. The third-order valence-electron chi connectivity index (χ3n) is 3.72. The lowest BCUT2D eigenvalue weighted by Crippen LogP contribution is -2.43. The maximum Gasteiger partial charge on any atom is 0.258 e. The monoisotopic (exact) mass is 339 g/mol. The molecule has 1 atom stereocenters. The van der Waals surface area contributed by atoms with E-state index in [1.54, 1.807) is 24.3 Å². The van der Waals surface area contributed by atoms with Gasteiger partial charge < -0.3 is 10.1 Å². The van der Waals surface area contributed by atoms with Gasteiger partial charge in [-0.2, -0.15) is 0 Å². The van der Waals surface area contributed by atoms with Crippen molar-refractivity contribution in [2.75, 3.05) is 6.61 Å². The summed E-state index contributed by atoms with van der Waals surface area (Å²) in [6, 6.07) is 15.5. The molecular formula is C20H21NO4. The predicted octanol–water partition coefficient (Wildman–Crippen LogP) is 2.58. The molecule has 0 saturated heterocycles. The number of nitrogens with one attached hydrogen (secondary N) is 1. The largest absolute Gasteiger partial charge is 0.484 e. The number of benzene rings is 2. The Balaban J connectivity index is 1.92. The fourth-order valence-corrected chi connectivity index (χ4v) is 2.34. The molecule has 0 bridgehead atoms. The van der Waals surface area contributed by atoms with Crippen LogP contribution in [-0.4, -0.2) is 30.1 Å². The molecule has 0 aliphatic heterocycles. The summed E-state index contributed by atoms with van der Waals surface area (Å²) in [4.78, 5) is 35.2. The van der Waals surface area contributed by atoms with Crippen molar-refractivity contribution in [1.29, 1.82) is 0 Å². The van der Waals surface area contributed by atoms with E-state index in [0.717, 1.165) is 5.56 Å². The number of ether oxygens (including phenoxy) is 1. The molecule has 0 unspecified atom stereocenters. The van der Waals surface area contributed by atoms with E-state index in [1.165, 1.54) is 13.8 Å². The number of Topliss-reactive ketones (excluding diaryl/α,β-unsaturated/α-hetero) is 2. The third-order valence-corrected chi connectivity index (χ3v) is 3.72. The van der Waals surface area contributed by atoms with E-state index in [4.69, 9.17) is 4.74 Å². The Morgan fingerprint density at radius 2 is 1.72 bits per heavy atom. The molecule has 0 fully saturated rings. The Morgan fingerprint density at radius 3 is 2.36 bits per heavy atom. The lowest BCUT2D eigenvalue weighted by molar-refractivity contribution is -0.128. The molecule has 1 N–H and O–H groups in total. The van der Waals surface area contributed by atoms with Gasteiger partial charge >= 0.3 is 0 Å².